The molecule has 0 saturated carbocycles. The number of rotatable bonds is 4. The highest BCUT2D eigenvalue weighted by Gasteiger charge is 2.03. The van der Waals surface area contributed by atoms with E-state index in [1.807, 2.05) is 30.3 Å². The highest BCUT2D eigenvalue weighted by Crippen LogP contribution is 2.06. The maximum Gasteiger partial charge on any atom is 0.253 e. The molecule has 1 aromatic carbocycles. The Morgan fingerprint density at radius 1 is 1.20 bits per heavy atom. The lowest BCUT2D eigenvalue weighted by Gasteiger charge is -2.07. The van der Waals surface area contributed by atoms with Crippen molar-refractivity contribution in [2.75, 3.05) is 0 Å². The van der Waals surface area contributed by atoms with Gasteiger partial charge in [-0.1, -0.05) is 30.3 Å². The Kier molecular flexibility index (Phi) is 4.32. The molecule has 2 aromatic rings. The minimum absolute atomic E-state index is 0.0130. The number of amides is 1. The molecule has 0 fully saturated rings. The van der Waals surface area contributed by atoms with Gasteiger partial charge < -0.3 is 4.57 Å². The Morgan fingerprint density at radius 2 is 1.85 bits per heavy atom. The topological polar surface area (TPSA) is 77.1 Å². The number of nitrogens with one attached hydrogen (secondary N) is 1. The van der Waals surface area contributed by atoms with Gasteiger partial charge in [-0.3, -0.25) is 15.0 Å². The van der Waals surface area contributed by atoms with Crippen LogP contribution in [-0.2, 0) is 17.8 Å². The molecule has 0 radical (unpaired) electrons. The summed E-state index contributed by atoms with van der Waals surface area (Å²) in [5.41, 5.74) is 4.73. The fourth-order valence-electron chi connectivity index (χ4n) is 1.98. The molecule has 0 aliphatic rings. The standard InChI is InChI=1S/C15H17N3O2/c1-11-3-2-8-18(15(11)20)10-13-6-4-12(5-7-13)9-14(19)17-16/h2-8H,9-10,16H2,1H3,(H,17,19). The number of hydrazine groups is 1. The maximum atomic E-state index is 11.9. The van der Waals surface area contributed by atoms with Crippen LogP contribution in [0.25, 0.3) is 0 Å². The normalized spacial score (nSPS) is 10.3. The zero-order chi connectivity index (χ0) is 14.5. The average Bonchev–Trinajstić information content (AvgIpc) is 2.46. The lowest BCUT2D eigenvalue weighted by atomic mass is 10.1. The summed E-state index contributed by atoms with van der Waals surface area (Å²) in [5.74, 6) is 4.82. The summed E-state index contributed by atoms with van der Waals surface area (Å²) in [6.07, 6.45) is 2.02. The molecule has 0 atom stereocenters. The van der Waals surface area contributed by atoms with E-state index in [1.54, 1.807) is 23.8 Å². The fraction of sp³-hybridized carbons (Fsp3) is 0.200. The van der Waals surface area contributed by atoms with Crippen LogP contribution in [0.15, 0.2) is 47.4 Å². The minimum Gasteiger partial charge on any atom is -0.311 e. The number of nitrogens with two attached hydrogens (primary N) is 1. The van der Waals surface area contributed by atoms with Crippen LogP contribution < -0.4 is 16.8 Å². The number of benzene rings is 1. The van der Waals surface area contributed by atoms with Gasteiger partial charge in [0, 0.05) is 11.8 Å². The summed E-state index contributed by atoms with van der Waals surface area (Å²) in [6.45, 7) is 2.32. The van der Waals surface area contributed by atoms with Crippen molar-refractivity contribution < 1.29 is 4.79 Å². The number of hydrogen-bond acceptors (Lipinski definition) is 3. The van der Waals surface area contributed by atoms with Crippen LogP contribution in [0.3, 0.4) is 0 Å². The molecule has 0 aliphatic carbocycles. The van der Waals surface area contributed by atoms with Crippen LogP contribution in [0, 0.1) is 6.92 Å². The summed E-state index contributed by atoms with van der Waals surface area (Å²) in [7, 11) is 0. The van der Waals surface area contributed by atoms with Crippen molar-refractivity contribution in [2.45, 2.75) is 19.9 Å². The van der Waals surface area contributed by atoms with Crippen molar-refractivity contribution in [2.24, 2.45) is 5.84 Å². The molecule has 0 bridgehead atoms. The number of aryl methyl sites for hydroxylation is 1. The summed E-state index contributed by atoms with van der Waals surface area (Å²) in [4.78, 5) is 23.1. The number of aromatic nitrogens is 1. The van der Waals surface area contributed by atoms with E-state index in [4.69, 9.17) is 5.84 Å². The highest BCUT2D eigenvalue weighted by molar-refractivity contribution is 5.77. The Bertz CT molecular complexity index is 660. The van der Waals surface area contributed by atoms with Gasteiger partial charge in [-0.05, 0) is 24.1 Å². The predicted molar refractivity (Wildman–Crippen MR) is 77.0 cm³/mol. The van der Waals surface area contributed by atoms with Gasteiger partial charge in [-0.15, -0.1) is 0 Å². The van der Waals surface area contributed by atoms with Gasteiger partial charge in [0.2, 0.25) is 5.91 Å². The molecule has 104 valence electrons. The van der Waals surface area contributed by atoms with Crippen molar-refractivity contribution in [3.8, 4) is 0 Å². The fourth-order valence-corrected chi connectivity index (χ4v) is 1.98. The molecule has 3 N–H and O–H groups in total. The molecular formula is C15H17N3O2. The van der Waals surface area contributed by atoms with Crippen LogP contribution in [-0.4, -0.2) is 10.5 Å². The summed E-state index contributed by atoms with van der Waals surface area (Å²) in [6, 6.07) is 11.2. The molecule has 20 heavy (non-hydrogen) atoms. The first-order valence-electron chi connectivity index (χ1n) is 6.33. The molecule has 5 nitrogen and oxygen atoms in total. The first-order valence-corrected chi connectivity index (χ1v) is 6.33. The van der Waals surface area contributed by atoms with Crippen LogP contribution >= 0.6 is 0 Å². The Morgan fingerprint density at radius 3 is 2.50 bits per heavy atom. The third-order valence-electron chi connectivity index (χ3n) is 3.11. The monoisotopic (exact) mass is 271 g/mol. The average molecular weight is 271 g/mol. The van der Waals surface area contributed by atoms with E-state index in [1.165, 1.54) is 0 Å². The smallest absolute Gasteiger partial charge is 0.253 e. The Labute approximate surface area is 117 Å². The molecule has 1 amide bonds. The van der Waals surface area contributed by atoms with Gasteiger partial charge in [0.1, 0.15) is 0 Å². The van der Waals surface area contributed by atoms with Gasteiger partial charge in [0.25, 0.3) is 5.56 Å². The lowest BCUT2D eigenvalue weighted by Crippen LogP contribution is -2.31. The van der Waals surface area contributed by atoms with Crippen molar-refractivity contribution in [3.05, 3.63) is 69.6 Å². The number of carbonyl (C=O) groups is 1. The van der Waals surface area contributed by atoms with Gasteiger partial charge in [-0.25, -0.2) is 5.84 Å². The predicted octanol–water partition coefficient (Wildman–Crippen LogP) is 0.737. The van der Waals surface area contributed by atoms with E-state index in [0.29, 0.717) is 6.54 Å². The number of nitrogens with zero attached hydrogens (tertiary/aromatic N) is 1. The number of pyridine rings is 1. The molecule has 1 aromatic heterocycles. The van der Waals surface area contributed by atoms with Crippen LogP contribution in [0.4, 0.5) is 0 Å². The van der Waals surface area contributed by atoms with E-state index in [-0.39, 0.29) is 17.9 Å². The van der Waals surface area contributed by atoms with Crippen molar-refractivity contribution >= 4 is 5.91 Å². The third kappa shape index (κ3) is 3.33. The molecule has 1 heterocycles. The first-order chi connectivity index (χ1) is 9.60. The van der Waals surface area contributed by atoms with Gasteiger partial charge >= 0.3 is 0 Å². The van der Waals surface area contributed by atoms with E-state index in [9.17, 15) is 9.59 Å². The van der Waals surface area contributed by atoms with Crippen LogP contribution in [0.5, 0.6) is 0 Å². The molecule has 0 saturated heterocycles. The van der Waals surface area contributed by atoms with Crippen molar-refractivity contribution in [1.29, 1.82) is 0 Å². The molecule has 5 heteroatoms. The molecular weight excluding hydrogens is 254 g/mol. The zero-order valence-electron chi connectivity index (χ0n) is 11.3. The summed E-state index contributed by atoms with van der Waals surface area (Å²) in [5, 5.41) is 0. The third-order valence-corrected chi connectivity index (χ3v) is 3.11. The van der Waals surface area contributed by atoms with Crippen LogP contribution in [0.2, 0.25) is 0 Å². The molecule has 0 aliphatic heterocycles. The maximum absolute atomic E-state index is 11.9. The Hall–Kier alpha value is -2.40. The van der Waals surface area contributed by atoms with Gasteiger partial charge in [0.15, 0.2) is 0 Å². The van der Waals surface area contributed by atoms with Crippen molar-refractivity contribution in [1.82, 2.24) is 9.99 Å². The number of carbonyl (C=O) groups excluding carboxylic acids is 1. The SMILES string of the molecule is Cc1cccn(Cc2ccc(CC(=O)NN)cc2)c1=O. The zero-order valence-corrected chi connectivity index (χ0v) is 11.3. The number of hydrogen-bond donors (Lipinski definition) is 2. The van der Waals surface area contributed by atoms with Gasteiger partial charge in [-0.2, -0.15) is 0 Å². The van der Waals surface area contributed by atoms with E-state index < -0.39 is 0 Å². The second-order valence-electron chi connectivity index (χ2n) is 4.69. The van der Waals surface area contributed by atoms with Crippen molar-refractivity contribution in [3.63, 3.8) is 0 Å². The van der Waals surface area contributed by atoms with E-state index in [2.05, 4.69) is 5.43 Å². The quantitative estimate of drug-likeness (QED) is 0.489. The van der Waals surface area contributed by atoms with Gasteiger partial charge in [0.05, 0.1) is 13.0 Å². The largest absolute Gasteiger partial charge is 0.311 e. The second-order valence-corrected chi connectivity index (χ2v) is 4.69. The minimum atomic E-state index is -0.229. The summed E-state index contributed by atoms with van der Waals surface area (Å²) >= 11 is 0. The van der Waals surface area contributed by atoms with Crippen LogP contribution in [0.1, 0.15) is 16.7 Å². The molecule has 2 rings (SSSR count). The molecule has 0 unspecified atom stereocenters. The van der Waals surface area contributed by atoms with E-state index >= 15 is 0 Å². The summed E-state index contributed by atoms with van der Waals surface area (Å²) < 4.78 is 1.66. The second kappa shape index (κ2) is 6.16. The first kappa shape index (κ1) is 14.0. The Balaban J connectivity index is 2.13. The van der Waals surface area contributed by atoms with E-state index in [0.717, 1.165) is 16.7 Å². The molecule has 0 spiro atoms. The lowest BCUT2D eigenvalue weighted by molar-refractivity contribution is -0.120. The highest BCUT2D eigenvalue weighted by atomic mass is 16.2.